The van der Waals surface area contributed by atoms with Crippen molar-refractivity contribution in [1.82, 2.24) is 4.98 Å². The molecular weight excluding hydrogens is 146 g/mol. The number of halogens is 1. The lowest BCUT2D eigenvalue weighted by Crippen LogP contribution is -1.91. The molecule has 0 aromatic carbocycles. The second kappa shape index (κ2) is 3.57. The first-order valence-electron chi connectivity index (χ1n) is 3.31. The highest BCUT2D eigenvalue weighted by Gasteiger charge is 1.94. The van der Waals surface area contributed by atoms with Gasteiger partial charge in [-0.2, -0.15) is 0 Å². The fourth-order valence-electron chi connectivity index (χ4n) is 0.884. The van der Waals surface area contributed by atoms with Gasteiger partial charge < -0.3 is 0 Å². The Bertz CT molecular complexity index is 210. The van der Waals surface area contributed by atoms with E-state index < -0.39 is 0 Å². The van der Waals surface area contributed by atoms with Crippen LogP contribution >= 0.6 is 11.6 Å². The van der Waals surface area contributed by atoms with E-state index >= 15 is 0 Å². The molecule has 0 fully saturated rings. The maximum atomic E-state index is 5.58. The first kappa shape index (κ1) is 7.55. The lowest BCUT2D eigenvalue weighted by atomic mass is 10.1. The maximum absolute atomic E-state index is 5.58. The van der Waals surface area contributed by atoms with E-state index in [1.54, 1.807) is 6.20 Å². The summed E-state index contributed by atoms with van der Waals surface area (Å²) in [6.45, 7) is 2.00. The Morgan fingerprint density at radius 3 is 3.00 bits per heavy atom. The van der Waals surface area contributed by atoms with Crippen LogP contribution in [0.5, 0.6) is 0 Å². The van der Waals surface area contributed by atoms with E-state index in [9.17, 15) is 0 Å². The second-order valence-corrected chi connectivity index (χ2v) is 2.56. The number of hydrogen-bond acceptors (Lipinski definition) is 1. The van der Waals surface area contributed by atoms with Crippen molar-refractivity contribution < 1.29 is 0 Å². The van der Waals surface area contributed by atoms with Crippen LogP contribution in [0.2, 0.25) is 0 Å². The van der Waals surface area contributed by atoms with Crippen molar-refractivity contribution in [3.63, 3.8) is 0 Å². The number of nitrogens with zero attached hydrogens (tertiary/aromatic N) is 1. The molecule has 1 aromatic rings. The van der Waals surface area contributed by atoms with E-state index in [0.717, 1.165) is 12.1 Å². The predicted octanol–water partition coefficient (Wildman–Crippen LogP) is 2.17. The molecule has 0 amide bonds. The lowest BCUT2D eigenvalue weighted by Gasteiger charge is -1.99. The molecule has 0 saturated carbocycles. The summed E-state index contributed by atoms with van der Waals surface area (Å²) in [6, 6.07) is 4.00. The molecule has 0 bridgehead atoms. The van der Waals surface area contributed by atoms with Gasteiger partial charge in [0, 0.05) is 17.8 Å². The molecule has 0 spiro atoms. The molecule has 0 saturated heterocycles. The second-order valence-electron chi connectivity index (χ2n) is 2.19. The van der Waals surface area contributed by atoms with E-state index in [-0.39, 0.29) is 0 Å². The van der Waals surface area contributed by atoms with Gasteiger partial charge in [-0.3, -0.25) is 4.98 Å². The van der Waals surface area contributed by atoms with Crippen molar-refractivity contribution in [2.45, 2.75) is 13.3 Å². The lowest BCUT2D eigenvalue weighted by molar-refractivity contribution is 1.05. The summed E-state index contributed by atoms with van der Waals surface area (Å²) in [5, 5.41) is 0. The monoisotopic (exact) mass is 155 g/mol. The Morgan fingerprint density at radius 1 is 1.60 bits per heavy atom. The van der Waals surface area contributed by atoms with Crippen molar-refractivity contribution in [1.29, 1.82) is 0 Å². The molecule has 54 valence electrons. The molecule has 0 unspecified atom stereocenters. The quantitative estimate of drug-likeness (QED) is 0.597. The minimum atomic E-state index is 0.673. The number of alkyl halides is 1. The minimum Gasteiger partial charge on any atom is -0.261 e. The normalized spacial score (nSPS) is 9.80. The zero-order valence-electron chi connectivity index (χ0n) is 5.97. The van der Waals surface area contributed by atoms with Crippen LogP contribution in [-0.4, -0.2) is 10.9 Å². The van der Waals surface area contributed by atoms with Gasteiger partial charge in [0.05, 0.1) is 0 Å². The van der Waals surface area contributed by atoms with E-state index in [1.165, 1.54) is 5.56 Å². The highest BCUT2D eigenvalue weighted by Crippen LogP contribution is 2.04. The number of aromatic nitrogens is 1. The fourth-order valence-corrected chi connectivity index (χ4v) is 1.09. The van der Waals surface area contributed by atoms with Crippen molar-refractivity contribution >= 4 is 11.6 Å². The van der Waals surface area contributed by atoms with E-state index in [0.29, 0.717) is 5.88 Å². The summed E-state index contributed by atoms with van der Waals surface area (Å²) in [6.07, 6.45) is 2.72. The van der Waals surface area contributed by atoms with Crippen LogP contribution in [0.4, 0.5) is 0 Å². The van der Waals surface area contributed by atoms with Crippen molar-refractivity contribution in [3.05, 3.63) is 29.6 Å². The molecule has 1 heterocycles. The Kier molecular flexibility index (Phi) is 2.69. The standard InChI is InChI=1S/C8H10ClN/c1-7-8(4-5-9)3-2-6-10-7/h2-3,6H,4-5H2,1H3. The van der Waals surface area contributed by atoms with Crippen LogP contribution in [0.3, 0.4) is 0 Å². The molecule has 0 aliphatic rings. The van der Waals surface area contributed by atoms with Crippen molar-refractivity contribution in [2.75, 3.05) is 5.88 Å². The zero-order valence-corrected chi connectivity index (χ0v) is 6.73. The van der Waals surface area contributed by atoms with Gasteiger partial charge in [0.1, 0.15) is 0 Å². The molecule has 1 aromatic heterocycles. The van der Waals surface area contributed by atoms with Gasteiger partial charge in [0.2, 0.25) is 0 Å². The van der Waals surface area contributed by atoms with Crippen LogP contribution in [0, 0.1) is 6.92 Å². The third-order valence-electron chi connectivity index (χ3n) is 1.48. The highest BCUT2D eigenvalue weighted by molar-refractivity contribution is 6.17. The average molecular weight is 156 g/mol. The van der Waals surface area contributed by atoms with Gasteiger partial charge in [0.25, 0.3) is 0 Å². The van der Waals surface area contributed by atoms with Gasteiger partial charge in [0.15, 0.2) is 0 Å². The van der Waals surface area contributed by atoms with E-state index in [2.05, 4.69) is 11.1 Å². The van der Waals surface area contributed by atoms with Gasteiger partial charge in [-0.1, -0.05) is 6.07 Å². The Labute approximate surface area is 66.0 Å². The topological polar surface area (TPSA) is 12.9 Å². The fraction of sp³-hybridized carbons (Fsp3) is 0.375. The number of aryl methyl sites for hydroxylation is 2. The molecule has 10 heavy (non-hydrogen) atoms. The first-order valence-corrected chi connectivity index (χ1v) is 3.84. The number of pyridine rings is 1. The highest BCUT2D eigenvalue weighted by atomic mass is 35.5. The Morgan fingerprint density at radius 2 is 2.40 bits per heavy atom. The molecule has 1 nitrogen and oxygen atoms in total. The summed E-state index contributed by atoms with van der Waals surface area (Å²) >= 11 is 5.58. The van der Waals surface area contributed by atoms with E-state index in [1.807, 2.05) is 13.0 Å². The number of rotatable bonds is 2. The smallest absolute Gasteiger partial charge is 0.0405 e. The Balaban J connectivity index is 2.81. The average Bonchev–Trinajstić information content (AvgIpc) is 1.94. The Hall–Kier alpha value is -0.560. The van der Waals surface area contributed by atoms with Gasteiger partial charge in [-0.15, -0.1) is 11.6 Å². The summed E-state index contributed by atoms with van der Waals surface area (Å²) in [7, 11) is 0. The summed E-state index contributed by atoms with van der Waals surface area (Å²) in [4.78, 5) is 4.14. The summed E-state index contributed by atoms with van der Waals surface area (Å²) in [5.41, 5.74) is 2.33. The zero-order chi connectivity index (χ0) is 7.40. The van der Waals surface area contributed by atoms with Crippen LogP contribution in [0.15, 0.2) is 18.3 Å². The van der Waals surface area contributed by atoms with Crippen molar-refractivity contribution in [3.8, 4) is 0 Å². The molecule has 1 rings (SSSR count). The van der Waals surface area contributed by atoms with Crippen LogP contribution in [0.25, 0.3) is 0 Å². The number of hydrogen-bond donors (Lipinski definition) is 0. The molecule has 0 N–H and O–H groups in total. The molecule has 0 aliphatic carbocycles. The minimum absolute atomic E-state index is 0.673. The van der Waals surface area contributed by atoms with E-state index in [4.69, 9.17) is 11.6 Å². The van der Waals surface area contributed by atoms with Gasteiger partial charge >= 0.3 is 0 Å². The predicted molar refractivity (Wildman–Crippen MR) is 43.4 cm³/mol. The third-order valence-corrected chi connectivity index (χ3v) is 1.67. The first-order chi connectivity index (χ1) is 4.84. The van der Waals surface area contributed by atoms with Gasteiger partial charge in [-0.05, 0) is 25.0 Å². The van der Waals surface area contributed by atoms with Gasteiger partial charge in [-0.25, -0.2) is 0 Å². The SMILES string of the molecule is Cc1ncccc1CCCl. The largest absolute Gasteiger partial charge is 0.261 e. The molecule has 0 radical (unpaired) electrons. The van der Waals surface area contributed by atoms with Crippen LogP contribution in [-0.2, 0) is 6.42 Å². The molecule has 0 aliphatic heterocycles. The maximum Gasteiger partial charge on any atom is 0.0405 e. The van der Waals surface area contributed by atoms with Crippen LogP contribution < -0.4 is 0 Å². The van der Waals surface area contributed by atoms with Crippen LogP contribution in [0.1, 0.15) is 11.3 Å². The summed E-state index contributed by atoms with van der Waals surface area (Å²) in [5.74, 6) is 0.673. The molecule has 2 heteroatoms. The van der Waals surface area contributed by atoms with Crippen molar-refractivity contribution in [2.24, 2.45) is 0 Å². The molecule has 0 atom stereocenters. The summed E-state index contributed by atoms with van der Waals surface area (Å²) < 4.78 is 0. The molecular formula is C8H10ClN. The third kappa shape index (κ3) is 1.71.